The Morgan fingerprint density at radius 1 is 1.25 bits per heavy atom. The highest BCUT2D eigenvalue weighted by Gasteiger charge is 2.24. The fourth-order valence-electron chi connectivity index (χ4n) is 4.22. The predicted molar refractivity (Wildman–Crippen MR) is 133 cm³/mol. The Morgan fingerprint density at radius 2 is 1.94 bits per heavy atom. The molecular weight excluding hydrogens is 462 g/mol. The zero-order valence-corrected chi connectivity index (χ0v) is 19.9. The zero-order chi connectivity index (χ0) is 25.8. The minimum absolute atomic E-state index is 0.0493. The van der Waals surface area contributed by atoms with Gasteiger partial charge in [-0.3, -0.25) is 14.9 Å². The number of aryl methyl sites for hydroxylation is 2. The lowest BCUT2D eigenvalue weighted by Gasteiger charge is -2.34. The van der Waals surface area contributed by atoms with Crippen LogP contribution in [0.25, 0.3) is 0 Å². The van der Waals surface area contributed by atoms with Crippen LogP contribution in [-0.2, 0) is 0 Å². The zero-order valence-electron chi connectivity index (χ0n) is 19.9. The summed E-state index contributed by atoms with van der Waals surface area (Å²) in [7, 11) is 0. The van der Waals surface area contributed by atoms with E-state index in [0.29, 0.717) is 28.0 Å². The summed E-state index contributed by atoms with van der Waals surface area (Å²) in [5.74, 6) is 0.00391. The monoisotopic (exact) mass is 487 g/mol. The normalized spacial score (nSPS) is 13.6. The number of rotatable bonds is 7. The highest BCUT2D eigenvalue weighted by atomic mass is 16.6. The molecule has 11 nitrogen and oxygen atoms in total. The van der Waals surface area contributed by atoms with Crippen LogP contribution in [-0.4, -0.2) is 39.9 Å². The lowest BCUT2D eigenvalue weighted by atomic mass is 10.0. The number of nitrogens with one attached hydrogen (secondary N) is 1. The van der Waals surface area contributed by atoms with Crippen molar-refractivity contribution in [3.8, 4) is 17.7 Å². The number of carbonyl (C=O) groups is 1. The van der Waals surface area contributed by atoms with Crippen LogP contribution in [0.1, 0.15) is 39.9 Å². The van der Waals surface area contributed by atoms with Gasteiger partial charge < -0.3 is 20.7 Å². The molecule has 184 valence electrons. The first kappa shape index (κ1) is 24.4. The highest BCUT2D eigenvalue weighted by molar-refractivity contribution is 5.93. The molecule has 1 aliphatic heterocycles. The molecular formula is C25H25N7O4. The third-order valence-electron chi connectivity index (χ3n) is 6.04. The van der Waals surface area contributed by atoms with Gasteiger partial charge in [0.05, 0.1) is 16.6 Å². The second kappa shape index (κ2) is 10.3. The number of hydrogen-bond acceptors (Lipinski definition) is 9. The maximum atomic E-state index is 11.6. The summed E-state index contributed by atoms with van der Waals surface area (Å²) < 4.78 is 5.88. The number of nitrogens with two attached hydrogens (primary N) is 1. The topological polar surface area (TPSA) is 160 Å². The van der Waals surface area contributed by atoms with E-state index in [4.69, 9.17) is 15.7 Å². The highest BCUT2D eigenvalue weighted by Crippen LogP contribution is 2.34. The van der Waals surface area contributed by atoms with Gasteiger partial charge in [-0.1, -0.05) is 6.07 Å². The second-order valence-electron chi connectivity index (χ2n) is 8.61. The van der Waals surface area contributed by atoms with Crippen LogP contribution in [0, 0.1) is 35.3 Å². The number of nitro groups is 1. The Labute approximate surface area is 207 Å². The lowest BCUT2D eigenvalue weighted by Crippen LogP contribution is -2.39. The van der Waals surface area contributed by atoms with Crippen molar-refractivity contribution in [1.82, 2.24) is 9.97 Å². The summed E-state index contributed by atoms with van der Waals surface area (Å²) >= 11 is 0. The van der Waals surface area contributed by atoms with Crippen LogP contribution >= 0.6 is 0 Å². The van der Waals surface area contributed by atoms with Gasteiger partial charge in [0.1, 0.15) is 11.9 Å². The number of hydrogen-bond donors (Lipinski definition) is 2. The molecule has 2 heterocycles. The molecule has 3 aromatic rings. The largest absolute Gasteiger partial charge is 0.433 e. The van der Waals surface area contributed by atoms with Gasteiger partial charge in [0.25, 0.3) is 0 Å². The molecule has 0 radical (unpaired) electrons. The molecule has 0 unspecified atom stereocenters. The Hall–Kier alpha value is -4.72. The van der Waals surface area contributed by atoms with E-state index >= 15 is 0 Å². The predicted octanol–water partition coefficient (Wildman–Crippen LogP) is 3.85. The van der Waals surface area contributed by atoms with Crippen LogP contribution in [0.15, 0.2) is 42.6 Å². The quantitative estimate of drug-likeness (QED) is 0.372. The summed E-state index contributed by atoms with van der Waals surface area (Å²) in [5.41, 5.74) is 8.25. The van der Waals surface area contributed by atoms with Gasteiger partial charge in [-0.2, -0.15) is 10.2 Å². The number of amides is 1. The van der Waals surface area contributed by atoms with Crippen molar-refractivity contribution in [2.75, 3.05) is 23.3 Å². The molecule has 36 heavy (non-hydrogen) atoms. The van der Waals surface area contributed by atoms with E-state index in [1.807, 2.05) is 12.1 Å². The fraction of sp³-hybridized carbons (Fsp3) is 0.280. The van der Waals surface area contributed by atoms with Crippen molar-refractivity contribution >= 4 is 23.2 Å². The Kier molecular flexibility index (Phi) is 6.96. The van der Waals surface area contributed by atoms with Crippen LogP contribution in [0.3, 0.4) is 0 Å². The van der Waals surface area contributed by atoms with E-state index in [-0.39, 0.29) is 23.6 Å². The molecule has 0 bridgehead atoms. The first-order chi connectivity index (χ1) is 17.2. The molecule has 0 atom stereocenters. The van der Waals surface area contributed by atoms with Crippen molar-refractivity contribution in [2.45, 2.75) is 32.7 Å². The molecule has 1 aliphatic rings. The number of nitriles is 1. The Morgan fingerprint density at radius 3 is 2.56 bits per heavy atom. The number of anilines is 2. The van der Waals surface area contributed by atoms with Gasteiger partial charge in [-0.15, -0.1) is 0 Å². The molecule has 1 amide bonds. The van der Waals surface area contributed by atoms with Crippen molar-refractivity contribution in [3.63, 3.8) is 0 Å². The van der Waals surface area contributed by atoms with Gasteiger partial charge in [0.2, 0.25) is 11.9 Å². The number of primary amides is 1. The third kappa shape index (κ3) is 5.33. The molecule has 11 heteroatoms. The number of aromatic nitrogens is 2. The summed E-state index contributed by atoms with van der Waals surface area (Å²) in [5, 5.41) is 24.0. The van der Waals surface area contributed by atoms with Crippen molar-refractivity contribution < 1.29 is 14.5 Å². The lowest BCUT2D eigenvalue weighted by molar-refractivity contribution is -0.386. The SMILES string of the molecule is Cc1cc(C#N)cc(C)c1Oc1nc(NC2CCN(c3cccc(C(N)=O)c3)CC2)ncc1[N+](=O)[O-]. The molecule has 0 saturated carbocycles. The summed E-state index contributed by atoms with van der Waals surface area (Å²) in [6.45, 7) is 5.00. The average Bonchev–Trinajstić information content (AvgIpc) is 2.86. The smallest absolute Gasteiger partial charge is 0.349 e. The standard InChI is InChI=1S/C25H25N7O4/c1-15-10-17(13-26)11-16(2)22(15)36-24-21(32(34)35)14-28-25(30-24)29-19-6-8-31(9-7-19)20-5-3-4-18(12-20)23(27)33/h3-5,10-12,14,19H,6-9H2,1-2H3,(H2,27,33)(H,28,29,30). The van der Waals surface area contributed by atoms with Gasteiger partial charge in [-0.25, -0.2) is 4.98 Å². The second-order valence-corrected chi connectivity index (χ2v) is 8.61. The Bertz CT molecular complexity index is 1340. The number of piperidine rings is 1. The summed E-state index contributed by atoms with van der Waals surface area (Å²) in [4.78, 5) is 33.1. The molecule has 0 aliphatic carbocycles. The molecule has 1 aromatic heterocycles. The number of nitrogens with zero attached hydrogens (tertiary/aromatic N) is 5. The van der Waals surface area contributed by atoms with E-state index in [9.17, 15) is 14.9 Å². The molecule has 1 saturated heterocycles. The molecule has 2 aromatic carbocycles. The average molecular weight is 488 g/mol. The van der Waals surface area contributed by atoms with Gasteiger partial charge in [0.15, 0.2) is 0 Å². The van der Waals surface area contributed by atoms with E-state index < -0.39 is 10.8 Å². The van der Waals surface area contributed by atoms with Crippen molar-refractivity contribution in [3.05, 3.63) is 75.0 Å². The van der Waals surface area contributed by atoms with Crippen LogP contribution in [0.5, 0.6) is 11.6 Å². The van der Waals surface area contributed by atoms with E-state index in [1.165, 1.54) is 0 Å². The van der Waals surface area contributed by atoms with Gasteiger partial charge >= 0.3 is 11.6 Å². The fourth-order valence-corrected chi connectivity index (χ4v) is 4.22. The minimum Gasteiger partial charge on any atom is -0.433 e. The Balaban J connectivity index is 1.48. The number of ether oxygens (including phenoxy) is 1. The van der Waals surface area contributed by atoms with E-state index in [2.05, 4.69) is 26.3 Å². The van der Waals surface area contributed by atoms with Crippen LogP contribution in [0.4, 0.5) is 17.3 Å². The third-order valence-corrected chi connectivity index (χ3v) is 6.04. The molecule has 0 spiro atoms. The minimum atomic E-state index is -0.591. The van der Waals surface area contributed by atoms with Crippen LogP contribution < -0.4 is 20.7 Å². The van der Waals surface area contributed by atoms with Crippen molar-refractivity contribution in [1.29, 1.82) is 5.26 Å². The molecule has 4 rings (SSSR count). The number of benzene rings is 2. The maximum absolute atomic E-state index is 11.6. The summed E-state index contributed by atoms with van der Waals surface area (Å²) in [6.07, 6.45) is 2.67. The number of carbonyl (C=O) groups excluding carboxylic acids is 1. The van der Waals surface area contributed by atoms with Gasteiger partial charge in [-0.05, 0) is 68.1 Å². The van der Waals surface area contributed by atoms with E-state index in [1.54, 1.807) is 38.1 Å². The van der Waals surface area contributed by atoms with Crippen LogP contribution in [0.2, 0.25) is 0 Å². The first-order valence-corrected chi connectivity index (χ1v) is 11.4. The molecule has 1 fully saturated rings. The molecule has 3 N–H and O–H groups in total. The maximum Gasteiger partial charge on any atom is 0.349 e. The van der Waals surface area contributed by atoms with E-state index in [0.717, 1.165) is 37.8 Å². The summed E-state index contributed by atoms with van der Waals surface area (Å²) in [6, 6.07) is 12.7. The first-order valence-electron chi connectivity index (χ1n) is 11.4. The van der Waals surface area contributed by atoms with Crippen molar-refractivity contribution in [2.24, 2.45) is 5.73 Å². The van der Waals surface area contributed by atoms with Gasteiger partial charge in [0, 0.05) is 30.4 Å².